The average molecular weight is 632 g/mol. The zero-order valence-corrected chi connectivity index (χ0v) is 27.9. The van der Waals surface area contributed by atoms with Crippen molar-refractivity contribution in [1.29, 1.82) is 0 Å². The van der Waals surface area contributed by atoms with E-state index in [4.69, 9.17) is 4.74 Å². The predicted octanol–water partition coefficient (Wildman–Crippen LogP) is 5.71. The summed E-state index contributed by atoms with van der Waals surface area (Å²) < 4.78 is 6.34. The van der Waals surface area contributed by atoms with Gasteiger partial charge in [-0.25, -0.2) is 4.98 Å². The molecule has 3 aliphatic carbocycles. The van der Waals surface area contributed by atoms with E-state index in [9.17, 15) is 19.5 Å². The first-order chi connectivity index (χ1) is 20.4. The number of nitrogens with zero attached hydrogens (tertiary/aromatic N) is 2. The lowest BCUT2D eigenvalue weighted by Gasteiger charge is -2.61. The van der Waals surface area contributed by atoms with E-state index in [1.54, 1.807) is 0 Å². The summed E-state index contributed by atoms with van der Waals surface area (Å²) in [6.45, 7) is 14.9. The number of carbonyl (C=O) groups excluding carboxylic acids is 3. The van der Waals surface area contributed by atoms with Crippen LogP contribution in [0.1, 0.15) is 84.8 Å². The summed E-state index contributed by atoms with van der Waals surface area (Å²) in [6, 6.07) is 0. The largest absolute Gasteiger partial charge is 0.461 e. The molecular formula is C33H49N3O5S2. The van der Waals surface area contributed by atoms with E-state index in [1.165, 1.54) is 29.5 Å². The molecule has 0 unspecified atom stereocenters. The molecule has 1 saturated heterocycles. The van der Waals surface area contributed by atoms with Crippen molar-refractivity contribution in [2.45, 2.75) is 97.0 Å². The fourth-order valence-corrected chi connectivity index (χ4v) is 10.4. The van der Waals surface area contributed by atoms with E-state index in [1.807, 2.05) is 18.4 Å². The molecule has 4 fully saturated rings. The quantitative estimate of drug-likeness (QED) is 0.264. The van der Waals surface area contributed by atoms with Crippen molar-refractivity contribution in [3.8, 4) is 0 Å². The van der Waals surface area contributed by atoms with Crippen LogP contribution in [0.5, 0.6) is 0 Å². The number of likely N-dealkylation sites (tertiary alicyclic amines) is 1. The third kappa shape index (κ3) is 6.23. The van der Waals surface area contributed by atoms with Gasteiger partial charge in [0.2, 0.25) is 5.91 Å². The third-order valence-corrected chi connectivity index (χ3v) is 13.4. The molecule has 3 saturated carbocycles. The van der Waals surface area contributed by atoms with E-state index >= 15 is 0 Å². The number of anilines is 1. The second-order valence-electron chi connectivity index (χ2n) is 14.1. The number of hydrogen-bond acceptors (Lipinski definition) is 9. The molecule has 5 rings (SSSR count). The molecule has 2 heterocycles. The number of esters is 1. The monoisotopic (exact) mass is 631 g/mol. The summed E-state index contributed by atoms with van der Waals surface area (Å²) >= 11 is 2.83. The van der Waals surface area contributed by atoms with Gasteiger partial charge in [0.1, 0.15) is 11.9 Å². The maximum Gasteiger partial charge on any atom is 0.316 e. The molecule has 0 spiro atoms. The van der Waals surface area contributed by atoms with Gasteiger partial charge in [0.15, 0.2) is 5.13 Å². The SMILES string of the molecule is C=C[C@]1(C)C[C@@H](OC(=O)CSCc2csc(NC(=O)CN3CCCCC3)n2)[C@]2(C)[C@H](C)CC[C@]3(CCC(=O)[C@H]32)[C@@H](C)[C@@H]1O. The molecule has 8 atom stereocenters. The van der Waals surface area contributed by atoms with Crippen molar-refractivity contribution in [1.82, 2.24) is 9.88 Å². The molecule has 1 amide bonds. The number of piperidine rings is 1. The van der Waals surface area contributed by atoms with Gasteiger partial charge in [0, 0.05) is 34.3 Å². The van der Waals surface area contributed by atoms with Gasteiger partial charge in [0.05, 0.1) is 24.1 Å². The zero-order chi connectivity index (χ0) is 31.0. The molecule has 43 heavy (non-hydrogen) atoms. The summed E-state index contributed by atoms with van der Waals surface area (Å²) in [4.78, 5) is 46.1. The van der Waals surface area contributed by atoms with Crippen LogP contribution in [0.25, 0.3) is 0 Å². The van der Waals surface area contributed by atoms with Gasteiger partial charge >= 0.3 is 5.97 Å². The summed E-state index contributed by atoms with van der Waals surface area (Å²) in [5.74, 6) is 0.500. The number of rotatable bonds is 9. The molecule has 1 aliphatic heterocycles. The first-order valence-electron chi connectivity index (χ1n) is 16.0. The minimum atomic E-state index is -0.675. The van der Waals surface area contributed by atoms with Crippen molar-refractivity contribution in [2.75, 3.05) is 30.7 Å². The van der Waals surface area contributed by atoms with Crippen LogP contribution in [0.4, 0.5) is 5.13 Å². The number of amides is 1. The minimum absolute atomic E-state index is 0.0422. The van der Waals surface area contributed by atoms with Gasteiger partial charge in [-0.1, -0.05) is 40.2 Å². The van der Waals surface area contributed by atoms with Crippen molar-refractivity contribution in [3.63, 3.8) is 0 Å². The molecule has 10 heteroatoms. The number of carbonyl (C=O) groups is 3. The lowest BCUT2D eigenvalue weighted by atomic mass is 9.44. The van der Waals surface area contributed by atoms with Crippen LogP contribution in [0, 0.1) is 34.0 Å². The highest BCUT2D eigenvalue weighted by atomic mass is 32.2. The number of nitrogens with one attached hydrogen (secondary N) is 1. The van der Waals surface area contributed by atoms with Crippen LogP contribution in [-0.2, 0) is 24.9 Å². The van der Waals surface area contributed by atoms with E-state index in [0.717, 1.165) is 50.9 Å². The Morgan fingerprint density at radius 2 is 2.00 bits per heavy atom. The molecule has 2 bridgehead atoms. The molecule has 0 radical (unpaired) electrons. The molecule has 4 aliphatic rings. The number of thiazole rings is 1. The Kier molecular flexibility index (Phi) is 9.81. The summed E-state index contributed by atoms with van der Waals surface area (Å²) in [7, 11) is 0. The first kappa shape index (κ1) is 32.6. The Morgan fingerprint density at radius 3 is 2.72 bits per heavy atom. The topological polar surface area (TPSA) is 109 Å². The Bertz CT molecular complexity index is 1220. The van der Waals surface area contributed by atoms with Gasteiger partial charge < -0.3 is 15.2 Å². The predicted molar refractivity (Wildman–Crippen MR) is 172 cm³/mol. The zero-order valence-electron chi connectivity index (χ0n) is 26.2. The van der Waals surface area contributed by atoms with E-state index in [0.29, 0.717) is 30.3 Å². The molecule has 0 aromatic carbocycles. The van der Waals surface area contributed by atoms with Crippen molar-refractivity contribution in [2.24, 2.45) is 34.0 Å². The number of aliphatic hydroxyl groups excluding tert-OH is 1. The fourth-order valence-electron chi connectivity index (χ4n) is 8.84. The van der Waals surface area contributed by atoms with Gasteiger partial charge in [-0.15, -0.1) is 29.7 Å². The Hall–Kier alpha value is -1.75. The number of ether oxygens (including phenoxy) is 1. The van der Waals surface area contributed by atoms with Crippen LogP contribution in [0.2, 0.25) is 0 Å². The second kappa shape index (κ2) is 12.9. The molecule has 238 valence electrons. The van der Waals surface area contributed by atoms with Gasteiger partial charge in [-0.3, -0.25) is 19.3 Å². The first-order valence-corrected chi connectivity index (χ1v) is 18.0. The standard InChI is InChI=1S/C33H49N3O5S2/c1-6-31(4)16-25(32(5)21(2)10-12-33(22(3)29(31)40)13-11-24(37)28(32)33)41-27(39)20-42-18-23-19-43-30(34-23)35-26(38)17-36-14-8-7-9-15-36/h6,19,21-22,25,28-29,40H,1,7-18,20H2,2-5H3,(H,34,35,38)/t21-,22+,25-,28+,29+,31-,32+,33+/m1/s1. The van der Waals surface area contributed by atoms with Gasteiger partial charge in [-0.2, -0.15) is 0 Å². The second-order valence-corrected chi connectivity index (χ2v) is 15.9. The highest BCUT2D eigenvalue weighted by Gasteiger charge is 2.68. The Labute approximate surface area is 264 Å². The minimum Gasteiger partial charge on any atom is -0.461 e. The third-order valence-electron chi connectivity index (χ3n) is 11.7. The highest BCUT2D eigenvalue weighted by Crippen LogP contribution is 2.68. The fraction of sp³-hybridized carbons (Fsp3) is 0.758. The van der Waals surface area contributed by atoms with Crippen LogP contribution < -0.4 is 5.32 Å². The van der Waals surface area contributed by atoms with Crippen molar-refractivity contribution >= 4 is 45.9 Å². The molecule has 8 nitrogen and oxygen atoms in total. The highest BCUT2D eigenvalue weighted by molar-refractivity contribution is 7.99. The summed E-state index contributed by atoms with van der Waals surface area (Å²) in [5.41, 5.74) is -0.629. The maximum atomic E-state index is 13.6. The maximum absolute atomic E-state index is 13.6. The summed E-state index contributed by atoms with van der Waals surface area (Å²) in [5, 5.41) is 17.1. The Morgan fingerprint density at radius 1 is 1.26 bits per heavy atom. The van der Waals surface area contributed by atoms with Gasteiger partial charge in [-0.05, 0) is 68.9 Å². The number of Topliss-reactive ketones (excluding diaryl/α,β-unsaturated/α-hetero) is 1. The number of thioether (sulfide) groups is 1. The number of aromatic nitrogens is 1. The Balaban J connectivity index is 1.23. The van der Waals surface area contributed by atoms with Crippen LogP contribution in [0.15, 0.2) is 18.0 Å². The molecule has 2 N–H and O–H groups in total. The molecular weight excluding hydrogens is 583 g/mol. The molecule has 1 aromatic heterocycles. The smallest absolute Gasteiger partial charge is 0.316 e. The number of aliphatic hydroxyl groups is 1. The van der Waals surface area contributed by atoms with Crippen LogP contribution in [-0.4, -0.2) is 70.2 Å². The van der Waals surface area contributed by atoms with Crippen LogP contribution >= 0.6 is 23.1 Å². The lowest BCUT2D eigenvalue weighted by Crippen LogP contribution is -2.63. The van der Waals surface area contributed by atoms with Crippen molar-refractivity contribution < 1.29 is 24.2 Å². The lowest BCUT2D eigenvalue weighted by molar-refractivity contribution is -0.205. The van der Waals surface area contributed by atoms with Crippen molar-refractivity contribution in [3.05, 3.63) is 23.7 Å². The van der Waals surface area contributed by atoms with E-state index < -0.39 is 23.0 Å². The van der Waals surface area contributed by atoms with Gasteiger partial charge in [0.25, 0.3) is 0 Å². The van der Waals surface area contributed by atoms with E-state index in [2.05, 4.69) is 42.6 Å². The normalized spacial score (nSPS) is 38.1. The number of ketones is 1. The summed E-state index contributed by atoms with van der Waals surface area (Å²) in [6.07, 6.45) is 7.77. The van der Waals surface area contributed by atoms with E-state index in [-0.39, 0.29) is 46.6 Å². The average Bonchev–Trinajstić information content (AvgIpc) is 3.58. The molecule has 1 aromatic rings. The number of hydrogen-bond donors (Lipinski definition) is 2. The van der Waals surface area contributed by atoms with Crippen LogP contribution in [0.3, 0.4) is 0 Å².